The number of hydrogen-bond acceptors (Lipinski definition) is 3. The number of aromatic nitrogens is 2. The van der Waals surface area contributed by atoms with Gasteiger partial charge in [0.15, 0.2) is 0 Å². The van der Waals surface area contributed by atoms with E-state index in [4.69, 9.17) is 23.2 Å². The van der Waals surface area contributed by atoms with Crippen molar-refractivity contribution in [2.45, 2.75) is 19.8 Å². The molecular weight excluding hydrogens is 423 g/mol. The summed E-state index contributed by atoms with van der Waals surface area (Å²) in [6.45, 7) is 3.86. The number of anilines is 1. The number of amides is 2. The fourth-order valence-corrected chi connectivity index (χ4v) is 3.42. The topological polar surface area (TPSA) is 67.2 Å². The Morgan fingerprint density at radius 2 is 1.77 bits per heavy atom. The van der Waals surface area contributed by atoms with E-state index < -0.39 is 0 Å². The molecule has 3 rings (SSSR count). The molecule has 0 atom stereocenters. The molecular formula is C22H22Cl2N4O2. The maximum Gasteiger partial charge on any atom is 0.257 e. The molecule has 0 spiro atoms. The van der Waals surface area contributed by atoms with Gasteiger partial charge in [0.2, 0.25) is 5.91 Å². The molecule has 3 aromatic rings. The Morgan fingerprint density at radius 3 is 2.40 bits per heavy atom. The highest BCUT2D eigenvalue weighted by Crippen LogP contribution is 2.25. The van der Waals surface area contributed by atoms with Crippen molar-refractivity contribution in [3.63, 3.8) is 0 Å². The number of para-hydroxylation sites is 1. The molecule has 30 heavy (non-hydrogen) atoms. The van der Waals surface area contributed by atoms with Gasteiger partial charge >= 0.3 is 0 Å². The van der Waals surface area contributed by atoms with Crippen LogP contribution in [0.3, 0.4) is 0 Å². The molecule has 0 saturated heterocycles. The van der Waals surface area contributed by atoms with Crippen molar-refractivity contribution in [1.29, 1.82) is 0 Å². The molecule has 0 aliphatic carbocycles. The van der Waals surface area contributed by atoms with E-state index in [1.54, 1.807) is 48.1 Å². The molecule has 0 radical (unpaired) electrons. The van der Waals surface area contributed by atoms with Crippen LogP contribution in [0.25, 0.3) is 5.69 Å². The molecule has 0 saturated carbocycles. The zero-order valence-electron chi connectivity index (χ0n) is 16.9. The first-order chi connectivity index (χ1) is 14.3. The number of benzene rings is 2. The van der Waals surface area contributed by atoms with E-state index in [0.29, 0.717) is 21.3 Å². The molecule has 2 amide bonds. The van der Waals surface area contributed by atoms with Crippen molar-refractivity contribution in [2.75, 3.05) is 18.9 Å². The first kappa shape index (κ1) is 21.9. The normalized spacial score (nSPS) is 10.9. The molecule has 156 valence electrons. The third-order valence-electron chi connectivity index (χ3n) is 4.53. The van der Waals surface area contributed by atoms with Gasteiger partial charge in [0.1, 0.15) is 0 Å². The van der Waals surface area contributed by atoms with Gasteiger partial charge in [-0.3, -0.25) is 9.59 Å². The van der Waals surface area contributed by atoms with Crippen molar-refractivity contribution < 1.29 is 9.59 Å². The van der Waals surface area contributed by atoms with Crippen LogP contribution in [0.4, 0.5) is 5.69 Å². The molecule has 1 aromatic heterocycles. The number of rotatable bonds is 6. The third-order valence-corrected chi connectivity index (χ3v) is 5.11. The maximum atomic E-state index is 13.1. The number of carbonyl (C=O) groups is 2. The lowest BCUT2D eigenvalue weighted by atomic mass is 10.0. The number of nitrogens with one attached hydrogen (secondary N) is 1. The summed E-state index contributed by atoms with van der Waals surface area (Å²) in [6.07, 6.45) is 1.54. The van der Waals surface area contributed by atoms with Gasteiger partial charge in [0, 0.05) is 12.1 Å². The lowest BCUT2D eigenvalue weighted by molar-refractivity contribution is -0.116. The number of hydrogen-bond donors (Lipinski definition) is 1. The van der Waals surface area contributed by atoms with Crippen LogP contribution in [0.2, 0.25) is 10.0 Å². The van der Waals surface area contributed by atoms with Crippen LogP contribution in [0.5, 0.6) is 0 Å². The van der Waals surface area contributed by atoms with Gasteiger partial charge in [-0.15, -0.1) is 0 Å². The molecule has 0 aliphatic rings. The Balaban J connectivity index is 1.79. The monoisotopic (exact) mass is 444 g/mol. The standard InChI is InChI=1S/C22H22Cl2N4O2/c1-14(2)21-17(12-25-28(21)16-10-8-15(23)9-11-16)22(30)27(3)13-20(29)26-19-7-5-4-6-18(19)24/h4-12,14H,13H2,1-3H3,(H,26,29). The Hall–Kier alpha value is -2.83. The van der Waals surface area contributed by atoms with Gasteiger partial charge in [0.25, 0.3) is 5.91 Å². The molecule has 8 heteroatoms. The quantitative estimate of drug-likeness (QED) is 0.580. The van der Waals surface area contributed by atoms with Crippen molar-refractivity contribution >= 4 is 40.7 Å². The van der Waals surface area contributed by atoms with E-state index >= 15 is 0 Å². The third kappa shape index (κ3) is 4.83. The Labute approximate surface area is 185 Å². The molecule has 0 bridgehead atoms. The van der Waals surface area contributed by atoms with Gasteiger partial charge < -0.3 is 10.2 Å². The predicted molar refractivity (Wildman–Crippen MR) is 120 cm³/mol. The smallest absolute Gasteiger partial charge is 0.257 e. The average molecular weight is 445 g/mol. The molecule has 1 N–H and O–H groups in total. The predicted octanol–water partition coefficient (Wildman–Crippen LogP) is 5.01. The molecule has 6 nitrogen and oxygen atoms in total. The van der Waals surface area contributed by atoms with Crippen LogP contribution in [0.1, 0.15) is 35.8 Å². The van der Waals surface area contributed by atoms with Gasteiger partial charge in [-0.25, -0.2) is 4.68 Å². The summed E-state index contributed by atoms with van der Waals surface area (Å²) in [4.78, 5) is 26.8. The van der Waals surface area contributed by atoms with Crippen LogP contribution in [-0.2, 0) is 4.79 Å². The first-order valence-corrected chi connectivity index (χ1v) is 10.2. The summed E-state index contributed by atoms with van der Waals surface area (Å²) in [5.41, 5.74) is 2.53. The largest absolute Gasteiger partial charge is 0.332 e. The number of nitrogens with zero attached hydrogens (tertiary/aromatic N) is 3. The highest BCUT2D eigenvalue weighted by molar-refractivity contribution is 6.33. The summed E-state index contributed by atoms with van der Waals surface area (Å²) >= 11 is 12.1. The minimum absolute atomic E-state index is 0.0347. The van der Waals surface area contributed by atoms with Crippen LogP contribution < -0.4 is 5.32 Å². The zero-order valence-corrected chi connectivity index (χ0v) is 18.4. The summed E-state index contributed by atoms with van der Waals surface area (Å²) in [7, 11) is 1.58. The summed E-state index contributed by atoms with van der Waals surface area (Å²) in [5, 5.41) is 8.19. The van der Waals surface area contributed by atoms with Gasteiger partial charge in [-0.05, 0) is 42.3 Å². The van der Waals surface area contributed by atoms with E-state index in [2.05, 4.69) is 10.4 Å². The minimum Gasteiger partial charge on any atom is -0.332 e. The van der Waals surface area contributed by atoms with Crippen molar-refractivity contribution in [2.24, 2.45) is 0 Å². The first-order valence-electron chi connectivity index (χ1n) is 9.41. The van der Waals surface area contributed by atoms with E-state index in [0.717, 1.165) is 11.4 Å². The lowest BCUT2D eigenvalue weighted by Crippen LogP contribution is -2.35. The number of halogens is 2. The van der Waals surface area contributed by atoms with Crippen LogP contribution in [0.15, 0.2) is 54.7 Å². The van der Waals surface area contributed by atoms with Crippen LogP contribution >= 0.6 is 23.2 Å². The SMILES string of the molecule is CC(C)c1c(C(=O)N(C)CC(=O)Nc2ccccc2Cl)cnn1-c1ccc(Cl)cc1. The minimum atomic E-state index is -0.338. The molecule has 1 heterocycles. The Bertz CT molecular complexity index is 1060. The molecule has 0 unspecified atom stereocenters. The number of carbonyl (C=O) groups excluding carboxylic acids is 2. The Kier molecular flexibility index (Phi) is 6.80. The van der Waals surface area contributed by atoms with Crippen LogP contribution in [0, 0.1) is 0 Å². The molecule has 2 aromatic carbocycles. The second-order valence-electron chi connectivity index (χ2n) is 7.18. The van der Waals surface area contributed by atoms with E-state index in [-0.39, 0.29) is 24.3 Å². The Morgan fingerprint density at radius 1 is 1.10 bits per heavy atom. The highest BCUT2D eigenvalue weighted by atomic mass is 35.5. The summed E-state index contributed by atoms with van der Waals surface area (Å²) in [5.74, 6) is -0.587. The summed E-state index contributed by atoms with van der Waals surface area (Å²) in [6, 6.07) is 14.2. The summed E-state index contributed by atoms with van der Waals surface area (Å²) < 4.78 is 1.73. The number of likely N-dealkylation sites (N-methyl/N-ethyl adjacent to an activating group) is 1. The van der Waals surface area contributed by atoms with E-state index in [1.165, 1.54) is 11.1 Å². The average Bonchev–Trinajstić information content (AvgIpc) is 3.15. The highest BCUT2D eigenvalue weighted by Gasteiger charge is 2.24. The van der Waals surface area contributed by atoms with Gasteiger partial charge in [-0.2, -0.15) is 5.10 Å². The van der Waals surface area contributed by atoms with Crippen molar-refractivity contribution in [1.82, 2.24) is 14.7 Å². The van der Waals surface area contributed by atoms with E-state index in [1.807, 2.05) is 26.0 Å². The molecule has 0 aliphatic heterocycles. The van der Waals surface area contributed by atoms with Crippen LogP contribution in [-0.4, -0.2) is 40.1 Å². The van der Waals surface area contributed by atoms with E-state index in [9.17, 15) is 9.59 Å². The molecule has 0 fully saturated rings. The second kappa shape index (κ2) is 9.32. The zero-order chi connectivity index (χ0) is 21.8. The van der Waals surface area contributed by atoms with Gasteiger partial charge in [0.05, 0.1) is 40.4 Å². The van der Waals surface area contributed by atoms with Gasteiger partial charge in [-0.1, -0.05) is 49.2 Å². The lowest BCUT2D eigenvalue weighted by Gasteiger charge is -2.19. The maximum absolute atomic E-state index is 13.1. The second-order valence-corrected chi connectivity index (χ2v) is 8.02. The fourth-order valence-electron chi connectivity index (χ4n) is 3.11. The van der Waals surface area contributed by atoms with Crippen molar-refractivity contribution in [3.8, 4) is 5.69 Å². The van der Waals surface area contributed by atoms with Crippen molar-refractivity contribution in [3.05, 3.63) is 76.0 Å². The fraction of sp³-hybridized carbons (Fsp3) is 0.227.